The van der Waals surface area contributed by atoms with Crippen LogP contribution in [0.3, 0.4) is 0 Å². The van der Waals surface area contributed by atoms with Gasteiger partial charge >= 0.3 is 0 Å². The molecule has 0 aliphatic heterocycles. The van der Waals surface area contributed by atoms with Gasteiger partial charge in [-0.1, -0.05) is 62.4 Å². The van der Waals surface area contributed by atoms with Gasteiger partial charge in [-0.25, -0.2) is 0 Å². The molecule has 21 heavy (non-hydrogen) atoms. The Kier molecular flexibility index (Phi) is 5.38. The molecule has 1 atom stereocenters. The van der Waals surface area contributed by atoms with Crippen molar-refractivity contribution in [1.29, 1.82) is 0 Å². The molecule has 0 unspecified atom stereocenters. The highest BCUT2D eigenvalue weighted by molar-refractivity contribution is 5.78. The molecule has 0 bridgehead atoms. The molecule has 110 valence electrons. The molecule has 3 heteroatoms. The fourth-order valence-electron chi connectivity index (χ4n) is 2.18. The first-order chi connectivity index (χ1) is 10.2. The van der Waals surface area contributed by atoms with E-state index in [2.05, 4.69) is 19.2 Å². The number of carbonyl (C=O) groups excluding carboxylic acids is 1. The third kappa shape index (κ3) is 4.63. The maximum Gasteiger partial charge on any atom is 0.258 e. The number of nitrogens with one attached hydrogen (secondary N) is 1. The van der Waals surface area contributed by atoms with E-state index < -0.39 is 0 Å². The maximum atomic E-state index is 12.1. The zero-order chi connectivity index (χ0) is 15.1. The van der Waals surface area contributed by atoms with Gasteiger partial charge in [0.15, 0.2) is 6.61 Å². The van der Waals surface area contributed by atoms with E-state index in [0.717, 1.165) is 5.56 Å². The number of amides is 1. The molecule has 0 spiro atoms. The summed E-state index contributed by atoms with van der Waals surface area (Å²) >= 11 is 0. The third-order valence-electron chi connectivity index (χ3n) is 3.25. The maximum absolute atomic E-state index is 12.1. The van der Waals surface area contributed by atoms with E-state index in [1.54, 1.807) is 0 Å². The van der Waals surface area contributed by atoms with Crippen LogP contribution in [0.4, 0.5) is 0 Å². The monoisotopic (exact) mass is 283 g/mol. The summed E-state index contributed by atoms with van der Waals surface area (Å²) in [5.74, 6) is 0.905. The molecule has 1 N–H and O–H groups in total. The standard InChI is InChI=1S/C18H21NO2/c1-14(2)18(15-9-5-3-6-10-15)19-17(20)13-21-16-11-7-4-8-12-16/h3-12,14,18H,13H2,1-2H3,(H,19,20)/t18-/m0/s1. The Bertz CT molecular complexity index is 552. The van der Waals surface area contributed by atoms with Crippen molar-refractivity contribution in [2.45, 2.75) is 19.9 Å². The van der Waals surface area contributed by atoms with Crippen LogP contribution in [-0.4, -0.2) is 12.5 Å². The molecule has 0 saturated carbocycles. The predicted octanol–water partition coefficient (Wildman–Crippen LogP) is 3.58. The van der Waals surface area contributed by atoms with Gasteiger partial charge < -0.3 is 10.1 Å². The van der Waals surface area contributed by atoms with Crippen molar-refractivity contribution in [3.63, 3.8) is 0 Å². The summed E-state index contributed by atoms with van der Waals surface area (Å²) in [5.41, 5.74) is 1.11. The Hall–Kier alpha value is -2.29. The molecular formula is C18H21NO2. The van der Waals surface area contributed by atoms with E-state index in [1.807, 2.05) is 60.7 Å². The van der Waals surface area contributed by atoms with Gasteiger partial charge in [-0.2, -0.15) is 0 Å². The molecule has 0 saturated heterocycles. The molecule has 2 aromatic carbocycles. The zero-order valence-electron chi connectivity index (χ0n) is 12.5. The minimum atomic E-state index is -0.110. The van der Waals surface area contributed by atoms with Gasteiger partial charge in [0.2, 0.25) is 0 Å². The van der Waals surface area contributed by atoms with Gasteiger partial charge in [0.25, 0.3) is 5.91 Å². The van der Waals surface area contributed by atoms with Crippen LogP contribution in [0.5, 0.6) is 5.75 Å². The number of carbonyl (C=O) groups is 1. The predicted molar refractivity (Wildman–Crippen MR) is 84.1 cm³/mol. The van der Waals surface area contributed by atoms with Gasteiger partial charge in [0.1, 0.15) is 5.75 Å². The Morgan fingerprint density at radius 1 is 1.00 bits per heavy atom. The highest BCUT2D eigenvalue weighted by Gasteiger charge is 2.18. The zero-order valence-corrected chi connectivity index (χ0v) is 12.5. The van der Waals surface area contributed by atoms with E-state index >= 15 is 0 Å². The normalized spacial score (nSPS) is 12.0. The van der Waals surface area contributed by atoms with Crippen LogP contribution >= 0.6 is 0 Å². The Morgan fingerprint density at radius 2 is 1.57 bits per heavy atom. The van der Waals surface area contributed by atoms with Gasteiger partial charge in [-0.05, 0) is 23.6 Å². The van der Waals surface area contributed by atoms with Gasteiger partial charge in [-0.15, -0.1) is 0 Å². The van der Waals surface area contributed by atoms with Crippen LogP contribution in [0.1, 0.15) is 25.5 Å². The summed E-state index contributed by atoms with van der Waals surface area (Å²) in [4.78, 5) is 12.1. The van der Waals surface area contributed by atoms with Crippen molar-refractivity contribution in [2.75, 3.05) is 6.61 Å². The second-order valence-corrected chi connectivity index (χ2v) is 5.30. The average molecular weight is 283 g/mol. The lowest BCUT2D eigenvalue weighted by Crippen LogP contribution is -2.35. The minimum absolute atomic E-state index is 0.00178. The van der Waals surface area contributed by atoms with Crippen LogP contribution in [0.25, 0.3) is 0 Å². The number of hydrogen-bond donors (Lipinski definition) is 1. The molecule has 2 rings (SSSR count). The van der Waals surface area contributed by atoms with Crippen LogP contribution in [0.15, 0.2) is 60.7 Å². The van der Waals surface area contributed by atoms with Crippen molar-refractivity contribution in [2.24, 2.45) is 5.92 Å². The van der Waals surface area contributed by atoms with E-state index in [-0.39, 0.29) is 18.6 Å². The lowest BCUT2D eigenvalue weighted by Gasteiger charge is -2.23. The SMILES string of the molecule is CC(C)[C@H](NC(=O)COc1ccccc1)c1ccccc1. The topological polar surface area (TPSA) is 38.3 Å². The fraction of sp³-hybridized carbons (Fsp3) is 0.278. The molecule has 0 fully saturated rings. The van der Waals surface area contributed by atoms with E-state index in [9.17, 15) is 4.79 Å². The summed E-state index contributed by atoms with van der Waals surface area (Å²) in [6.07, 6.45) is 0. The lowest BCUT2D eigenvalue weighted by atomic mass is 9.96. The first-order valence-electron chi connectivity index (χ1n) is 7.19. The van der Waals surface area contributed by atoms with Crippen molar-refractivity contribution < 1.29 is 9.53 Å². The minimum Gasteiger partial charge on any atom is -0.484 e. The molecule has 1 amide bonds. The second-order valence-electron chi connectivity index (χ2n) is 5.30. The lowest BCUT2D eigenvalue weighted by molar-refractivity contribution is -0.124. The third-order valence-corrected chi connectivity index (χ3v) is 3.25. The smallest absolute Gasteiger partial charge is 0.258 e. The molecule has 3 nitrogen and oxygen atoms in total. The highest BCUT2D eigenvalue weighted by Crippen LogP contribution is 2.21. The molecule has 0 aliphatic rings. The van der Waals surface area contributed by atoms with Gasteiger partial charge in [0.05, 0.1) is 6.04 Å². The van der Waals surface area contributed by atoms with Crippen molar-refractivity contribution in [3.05, 3.63) is 66.2 Å². The number of para-hydroxylation sites is 1. The Balaban J connectivity index is 1.93. The second kappa shape index (κ2) is 7.48. The first kappa shape index (κ1) is 15.1. The van der Waals surface area contributed by atoms with Crippen LogP contribution < -0.4 is 10.1 Å². The Morgan fingerprint density at radius 3 is 2.14 bits per heavy atom. The van der Waals surface area contributed by atoms with Gasteiger partial charge in [-0.3, -0.25) is 4.79 Å². The molecule has 0 aliphatic carbocycles. The molecule has 0 radical (unpaired) electrons. The highest BCUT2D eigenvalue weighted by atomic mass is 16.5. The van der Waals surface area contributed by atoms with Gasteiger partial charge in [0, 0.05) is 0 Å². The number of rotatable bonds is 6. The van der Waals surface area contributed by atoms with Crippen LogP contribution in [0, 0.1) is 5.92 Å². The van der Waals surface area contributed by atoms with E-state index in [1.165, 1.54) is 0 Å². The van der Waals surface area contributed by atoms with E-state index in [4.69, 9.17) is 4.74 Å². The Labute approximate surface area is 126 Å². The number of benzene rings is 2. The molecule has 0 aromatic heterocycles. The summed E-state index contributed by atoms with van der Waals surface area (Å²) in [6, 6.07) is 19.4. The molecular weight excluding hydrogens is 262 g/mol. The summed E-state index contributed by atoms with van der Waals surface area (Å²) in [5, 5.41) is 3.04. The summed E-state index contributed by atoms with van der Waals surface area (Å²) < 4.78 is 5.47. The molecule has 2 aromatic rings. The molecule has 0 heterocycles. The average Bonchev–Trinajstić information content (AvgIpc) is 2.52. The van der Waals surface area contributed by atoms with Crippen LogP contribution in [-0.2, 0) is 4.79 Å². The van der Waals surface area contributed by atoms with Crippen molar-refractivity contribution in [3.8, 4) is 5.75 Å². The largest absolute Gasteiger partial charge is 0.484 e. The fourth-order valence-corrected chi connectivity index (χ4v) is 2.18. The number of hydrogen-bond acceptors (Lipinski definition) is 2. The summed E-state index contributed by atoms with van der Waals surface area (Å²) in [7, 11) is 0. The quantitative estimate of drug-likeness (QED) is 0.880. The van der Waals surface area contributed by atoms with E-state index in [0.29, 0.717) is 11.7 Å². The van der Waals surface area contributed by atoms with Crippen molar-refractivity contribution in [1.82, 2.24) is 5.32 Å². The van der Waals surface area contributed by atoms with Crippen LogP contribution in [0.2, 0.25) is 0 Å². The summed E-state index contributed by atoms with van der Waals surface area (Å²) in [6.45, 7) is 4.21. The van der Waals surface area contributed by atoms with Crippen molar-refractivity contribution >= 4 is 5.91 Å². The number of ether oxygens (including phenoxy) is 1. The first-order valence-corrected chi connectivity index (χ1v) is 7.19.